The number of benzene rings is 2. The second-order valence-corrected chi connectivity index (χ2v) is 6.02. The number of rotatable bonds is 7. The summed E-state index contributed by atoms with van der Waals surface area (Å²) >= 11 is 0. The van der Waals surface area contributed by atoms with Gasteiger partial charge in [0.2, 0.25) is 11.5 Å². The summed E-state index contributed by atoms with van der Waals surface area (Å²) in [5, 5.41) is 9.96. The van der Waals surface area contributed by atoms with Crippen LogP contribution in [0.3, 0.4) is 0 Å². The van der Waals surface area contributed by atoms with Crippen molar-refractivity contribution < 1.29 is 32.2 Å². The van der Waals surface area contributed by atoms with Gasteiger partial charge in [0.25, 0.3) is 0 Å². The van der Waals surface area contributed by atoms with Gasteiger partial charge in [-0.3, -0.25) is 4.79 Å². The molecule has 6 nitrogen and oxygen atoms in total. The topological polar surface area (TPSA) is 84.3 Å². The molecule has 1 aromatic heterocycles. The fourth-order valence-corrected chi connectivity index (χ4v) is 2.94. The molecule has 0 amide bonds. The Hall–Kier alpha value is -3.93. The molecule has 0 saturated carbocycles. The van der Waals surface area contributed by atoms with Gasteiger partial charge in [-0.15, -0.1) is 0 Å². The first-order valence-corrected chi connectivity index (χ1v) is 8.52. The quantitative estimate of drug-likeness (QED) is 0.342. The maximum atomic E-state index is 13.4. The van der Waals surface area contributed by atoms with Crippen molar-refractivity contribution in [1.29, 1.82) is 5.26 Å². The number of ketones is 1. The number of nitrogens with one attached hydrogen (secondary N) is 1. The smallest absolute Gasteiger partial charge is 0.387 e. The molecular formula is C21H15F3N2O4. The molecule has 0 unspecified atom stereocenters. The van der Waals surface area contributed by atoms with Crippen LogP contribution in [0.25, 0.3) is 17.0 Å². The largest absolute Gasteiger partial charge is 0.493 e. The van der Waals surface area contributed by atoms with E-state index in [1.54, 1.807) is 0 Å². The number of nitriles is 1. The van der Waals surface area contributed by atoms with E-state index in [9.17, 15) is 23.2 Å². The van der Waals surface area contributed by atoms with Crippen LogP contribution in [0.1, 0.15) is 15.9 Å². The highest BCUT2D eigenvalue weighted by Crippen LogP contribution is 2.40. The zero-order valence-electron chi connectivity index (χ0n) is 15.8. The van der Waals surface area contributed by atoms with Gasteiger partial charge in [-0.05, 0) is 42.0 Å². The third-order valence-corrected chi connectivity index (χ3v) is 4.25. The van der Waals surface area contributed by atoms with Crippen molar-refractivity contribution in [2.45, 2.75) is 6.61 Å². The van der Waals surface area contributed by atoms with Crippen LogP contribution in [0.4, 0.5) is 13.2 Å². The number of aromatic nitrogens is 1. The van der Waals surface area contributed by atoms with Crippen LogP contribution in [-0.2, 0) is 0 Å². The van der Waals surface area contributed by atoms with Gasteiger partial charge >= 0.3 is 6.61 Å². The van der Waals surface area contributed by atoms with E-state index in [0.717, 1.165) is 0 Å². The number of aromatic amines is 1. The van der Waals surface area contributed by atoms with Gasteiger partial charge in [-0.1, -0.05) is 0 Å². The third-order valence-electron chi connectivity index (χ3n) is 4.25. The van der Waals surface area contributed by atoms with Crippen LogP contribution < -0.4 is 14.2 Å². The number of hydrogen-bond donors (Lipinski definition) is 1. The number of fused-ring (bicyclic) bond motifs is 1. The summed E-state index contributed by atoms with van der Waals surface area (Å²) in [5.41, 5.74) is 0.662. The number of allylic oxidation sites excluding steroid dienone is 1. The Balaban J connectivity index is 2.05. The number of carbonyl (C=O) groups excluding carboxylic acids is 1. The van der Waals surface area contributed by atoms with Crippen LogP contribution >= 0.6 is 0 Å². The van der Waals surface area contributed by atoms with E-state index >= 15 is 0 Å². The summed E-state index contributed by atoms with van der Waals surface area (Å²) in [7, 11) is 2.50. The van der Waals surface area contributed by atoms with Crippen LogP contribution in [-0.4, -0.2) is 31.6 Å². The zero-order chi connectivity index (χ0) is 21.8. The minimum Gasteiger partial charge on any atom is -0.493 e. The molecule has 3 rings (SSSR count). The number of carbonyl (C=O) groups is 1. The number of ether oxygens (including phenoxy) is 3. The molecule has 1 N–H and O–H groups in total. The molecule has 9 heteroatoms. The molecule has 0 saturated heterocycles. The minimum absolute atomic E-state index is 0.0618. The highest BCUT2D eigenvalue weighted by molar-refractivity contribution is 6.19. The molecule has 30 heavy (non-hydrogen) atoms. The number of Topliss-reactive ketones (excluding diaryl/α,β-unsaturated/α-hetero) is 1. The van der Waals surface area contributed by atoms with Gasteiger partial charge in [-0.25, -0.2) is 4.39 Å². The van der Waals surface area contributed by atoms with E-state index in [-0.39, 0.29) is 28.4 Å². The van der Waals surface area contributed by atoms with Gasteiger partial charge < -0.3 is 19.2 Å². The van der Waals surface area contributed by atoms with Gasteiger partial charge in [0.15, 0.2) is 11.5 Å². The average Bonchev–Trinajstić information content (AvgIpc) is 3.14. The summed E-state index contributed by atoms with van der Waals surface area (Å²) in [6.07, 6.45) is 2.65. The minimum atomic E-state index is -3.10. The molecule has 0 aliphatic rings. The predicted molar refractivity (Wildman–Crippen MR) is 102 cm³/mol. The number of halogens is 3. The van der Waals surface area contributed by atoms with Crippen molar-refractivity contribution in [3.05, 3.63) is 59.0 Å². The number of hydrogen-bond acceptors (Lipinski definition) is 5. The monoisotopic (exact) mass is 416 g/mol. The van der Waals surface area contributed by atoms with Crippen molar-refractivity contribution in [2.75, 3.05) is 14.2 Å². The summed E-state index contributed by atoms with van der Waals surface area (Å²) in [6, 6.07) is 8.37. The fourth-order valence-electron chi connectivity index (χ4n) is 2.94. The first-order chi connectivity index (χ1) is 14.4. The fraction of sp³-hybridized carbons (Fsp3) is 0.143. The average molecular weight is 416 g/mol. The molecule has 0 spiro atoms. The molecule has 0 bridgehead atoms. The van der Waals surface area contributed by atoms with E-state index in [4.69, 9.17) is 9.47 Å². The maximum absolute atomic E-state index is 13.4. The number of alkyl halides is 2. The van der Waals surface area contributed by atoms with Crippen molar-refractivity contribution in [1.82, 2.24) is 4.98 Å². The molecular weight excluding hydrogens is 401 g/mol. The second kappa shape index (κ2) is 8.61. The normalized spacial score (nSPS) is 11.4. The SMILES string of the molecule is COc1cc(C=C(C#N)C(=O)c2c[nH]c3cc(F)ccc23)cc(OC)c1OC(F)F. The van der Waals surface area contributed by atoms with Crippen LogP contribution in [0, 0.1) is 17.1 Å². The number of methoxy groups -OCH3 is 2. The van der Waals surface area contributed by atoms with E-state index < -0.39 is 18.2 Å². The third kappa shape index (κ3) is 4.07. The van der Waals surface area contributed by atoms with Crippen LogP contribution in [0.15, 0.2) is 42.1 Å². The summed E-state index contributed by atoms with van der Waals surface area (Å²) < 4.78 is 53.3. The second-order valence-electron chi connectivity index (χ2n) is 6.02. The Morgan fingerprint density at radius 3 is 2.40 bits per heavy atom. The Labute approximate surface area is 169 Å². The van der Waals surface area contributed by atoms with Crippen molar-refractivity contribution in [2.24, 2.45) is 0 Å². The maximum Gasteiger partial charge on any atom is 0.387 e. The molecule has 0 atom stereocenters. The lowest BCUT2D eigenvalue weighted by molar-refractivity contribution is -0.0526. The van der Waals surface area contributed by atoms with Crippen molar-refractivity contribution in [3.63, 3.8) is 0 Å². The van der Waals surface area contributed by atoms with Gasteiger partial charge in [-0.2, -0.15) is 14.0 Å². The Morgan fingerprint density at radius 2 is 1.83 bits per heavy atom. The number of H-pyrrole nitrogens is 1. The predicted octanol–water partition coefficient (Wildman–Crippen LogP) is 4.72. The number of nitrogens with zero attached hydrogens (tertiary/aromatic N) is 1. The van der Waals surface area contributed by atoms with Gasteiger partial charge in [0, 0.05) is 22.7 Å². The Kier molecular flexibility index (Phi) is 5.97. The lowest BCUT2D eigenvalue weighted by atomic mass is 10.0. The zero-order valence-corrected chi connectivity index (χ0v) is 15.8. The Morgan fingerprint density at radius 1 is 1.17 bits per heavy atom. The Bertz CT molecular complexity index is 1150. The lowest BCUT2D eigenvalue weighted by Gasteiger charge is -2.14. The molecule has 0 radical (unpaired) electrons. The van der Waals surface area contributed by atoms with E-state index in [1.165, 1.54) is 56.8 Å². The molecule has 0 aliphatic heterocycles. The van der Waals surface area contributed by atoms with Crippen LogP contribution in [0.2, 0.25) is 0 Å². The highest BCUT2D eigenvalue weighted by atomic mass is 19.3. The van der Waals surface area contributed by atoms with E-state index in [2.05, 4.69) is 9.72 Å². The highest BCUT2D eigenvalue weighted by Gasteiger charge is 2.20. The summed E-state index contributed by atoms with van der Waals surface area (Å²) in [4.78, 5) is 15.7. The molecule has 1 heterocycles. The lowest BCUT2D eigenvalue weighted by Crippen LogP contribution is -2.06. The van der Waals surface area contributed by atoms with Crippen LogP contribution in [0.5, 0.6) is 17.2 Å². The van der Waals surface area contributed by atoms with E-state index in [0.29, 0.717) is 16.5 Å². The first kappa shape index (κ1) is 20.8. The van der Waals surface area contributed by atoms with Gasteiger partial charge in [0.05, 0.1) is 14.2 Å². The molecule has 2 aromatic carbocycles. The van der Waals surface area contributed by atoms with E-state index in [1.807, 2.05) is 6.07 Å². The summed E-state index contributed by atoms with van der Waals surface area (Å²) in [6.45, 7) is -3.10. The first-order valence-electron chi connectivity index (χ1n) is 8.52. The van der Waals surface area contributed by atoms with Gasteiger partial charge in [0.1, 0.15) is 17.5 Å². The molecule has 154 valence electrons. The molecule has 3 aromatic rings. The molecule has 0 fully saturated rings. The summed E-state index contributed by atoms with van der Waals surface area (Å²) in [5.74, 6) is -1.50. The van der Waals surface area contributed by atoms with Crippen molar-refractivity contribution in [3.8, 4) is 23.3 Å². The molecule has 0 aliphatic carbocycles. The standard InChI is InChI=1S/C21H15F3N2O4/c1-28-17-6-11(7-18(29-2)20(17)30-21(23)24)5-12(9-25)19(27)15-10-26-16-8-13(22)3-4-14(15)16/h3-8,10,21,26H,1-2H3. The van der Waals surface area contributed by atoms with Crippen molar-refractivity contribution >= 4 is 22.8 Å².